The molecule has 92 valence electrons. The zero-order valence-electron chi connectivity index (χ0n) is 10.1. The molecule has 17 heavy (non-hydrogen) atoms. The Balaban J connectivity index is 2.20. The predicted octanol–water partition coefficient (Wildman–Crippen LogP) is 1.46. The molecule has 0 saturated carbocycles. The van der Waals surface area contributed by atoms with Crippen molar-refractivity contribution in [2.24, 2.45) is 5.73 Å². The van der Waals surface area contributed by atoms with Crippen LogP contribution in [0.25, 0.3) is 0 Å². The van der Waals surface area contributed by atoms with Gasteiger partial charge in [0, 0.05) is 6.54 Å². The van der Waals surface area contributed by atoms with Crippen molar-refractivity contribution in [2.45, 2.75) is 19.8 Å². The monoisotopic (exact) mass is 234 g/mol. The van der Waals surface area contributed by atoms with Crippen molar-refractivity contribution in [1.82, 2.24) is 0 Å². The molecular weight excluding hydrogens is 216 g/mol. The Kier molecular flexibility index (Phi) is 3.64. The lowest BCUT2D eigenvalue weighted by atomic mass is 10.1. The molecule has 2 N–H and O–H groups in total. The number of aryl methyl sites for hydroxylation is 1. The third-order valence-electron chi connectivity index (χ3n) is 2.89. The summed E-state index contributed by atoms with van der Waals surface area (Å²) in [5.74, 6) is 0.822. The van der Waals surface area contributed by atoms with E-state index in [2.05, 4.69) is 0 Å². The van der Waals surface area contributed by atoms with Crippen LogP contribution in [0, 0.1) is 6.92 Å². The first-order valence-corrected chi connectivity index (χ1v) is 5.96. The Bertz CT molecular complexity index is 418. The van der Waals surface area contributed by atoms with Gasteiger partial charge in [0.2, 0.25) is 0 Å². The van der Waals surface area contributed by atoms with E-state index in [4.69, 9.17) is 10.5 Å². The first kappa shape index (κ1) is 11.9. The highest BCUT2D eigenvalue weighted by Crippen LogP contribution is 2.32. The highest BCUT2D eigenvalue weighted by Gasteiger charge is 2.24. The molecule has 0 saturated heterocycles. The smallest absolute Gasteiger partial charge is 0.265 e. The molecule has 1 aromatic rings. The van der Waals surface area contributed by atoms with Crippen molar-refractivity contribution in [1.29, 1.82) is 0 Å². The highest BCUT2D eigenvalue weighted by molar-refractivity contribution is 5.97. The van der Waals surface area contributed by atoms with Crippen molar-refractivity contribution in [3.05, 3.63) is 23.8 Å². The maximum atomic E-state index is 11.8. The third kappa shape index (κ3) is 2.58. The number of hydrogen-bond donors (Lipinski definition) is 1. The van der Waals surface area contributed by atoms with Crippen LogP contribution in [0.15, 0.2) is 18.2 Å². The van der Waals surface area contributed by atoms with E-state index >= 15 is 0 Å². The van der Waals surface area contributed by atoms with Crippen LogP contribution in [-0.2, 0) is 4.79 Å². The molecule has 2 rings (SSSR count). The van der Waals surface area contributed by atoms with Crippen molar-refractivity contribution < 1.29 is 9.53 Å². The Hall–Kier alpha value is -1.55. The summed E-state index contributed by atoms with van der Waals surface area (Å²) in [6, 6.07) is 5.91. The molecule has 0 aliphatic carbocycles. The Morgan fingerprint density at radius 1 is 1.41 bits per heavy atom. The molecule has 1 aliphatic heterocycles. The van der Waals surface area contributed by atoms with Gasteiger partial charge in [-0.25, -0.2) is 0 Å². The van der Waals surface area contributed by atoms with Crippen LogP contribution in [0.5, 0.6) is 5.75 Å². The van der Waals surface area contributed by atoms with Crippen molar-refractivity contribution in [3.8, 4) is 5.75 Å². The van der Waals surface area contributed by atoms with Crippen molar-refractivity contribution >= 4 is 11.6 Å². The maximum Gasteiger partial charge on any atom is 0.265 e. The number of ether oxygens (including phenoxy) is 1. The van der Waals surface area contributed by atoms with Crippen LogP contribution in [0.4, 0.5) is 5.69 Å². The van der Waals surface area contributed by atoms with Gasteiger partial charge in [-0.3, -0.25) is 4.79 Å². The molecular formula is C13H18N2O2. The minimum atomic E-state index is 0.0279. The lowest BCUT2D eigenvalue weighted by molar-refractivity contribution is -0.121. The van der Waals surface area contributed by atoms with Gasteiger partial charge in [-0.05, 0) is 44.0 Å². The van der Waals surface area contributed by atoms with Crippen LogP contribution >= 0.6 is 0 Å². The van der Waals surface area contributed by atoms with Gasteiger partial charge in [0.1, 0.15) is 5.75 Å². The van der Waals surface area contributed by atoms with Gasteiger partial charge >= 0.3 is 0 Å². The molecule has 1 aromatic carbocycles. The number of nitrogens with zero attached hydrogens (tertiary/aromatic N) is 1. The number of carbonyl (C=O) groups is 1. The predicted molar refractivity (Wildman–Crippen MR) is 67.3 cm³/mol. The van der Waals surface area contributed by atoms with Crippen molar-refractivity contribution in [3.63, 3.8) is 0 Å². The number of amides is 1. The molecule has 0 fully saturated rings. The molecule has 0 spiro atoms. The summed E-state index contributed by atoms with van der Waals surface area (Å²) in [4.78, 5) is 13.6. The first-order valence-electron chi connectivity index (χ1n) is 5.96. The van der Waals surface area contributed by atoms with Crippen LogP contribution in [0.2, 0.25) is 0 Å². The van der Waals surface area contributed by atoms with Gasteiger partial charge < -0.3 is 15.4 Å². The van der Waals surface area contributed by atoms with E-state index in [0.29, 0.717) is 6.54 Å². The summed E-state index contributed by atoms with van der Waals surface area (Å²) in [6.07, 6.45) is 1.86. The fraction of sp³-hybridized carbons (Fsp3) is 0.462. The summed E-state index contributed by atoms with van der Waals surface area (Å²) >= 11 is 0. The van der Waals surface area contributed by atoms with Crippen LogP contribution in [0.1, 0.15) is 18.4 Å². The largest absolute Gasteiger partial charge is 0.482 e. The molecule has 1 amide bonds. The molecule has 0 aromatic heterocycles. The third-order valence-corrected chi connectivity index (χ3v) is 2.89. The van der Waals surface area contributed by atoms with E-state index in [1.165, 1.54) is 0 Å². The lowest BCUT2D eigenvalue weighted by Crippen LogP contribution is -2.39. The van der Waals surface area contributed by atoms with Gasteiger partial charge in [-0.1, -0.05) is 6.07 Å². The number of anilines is 1. The molecule has 4 nitrogen and oxygen atoms in total. The maximum absolute atomic E-state index is 11.8. The Labute approximate surface area is 101 Å². The van der Waals surface area contributed by atoms with E-state index in [9.17, 15) is 4.79 Å². The number of benzene rings is 1. The summed E-state index contributed by atoms with van der Waals surface area (Å²) in [7, 11) is 0. The molecule has 1 aliphatic rings. The molecule has 4 heteroatoms. The second-order valence-electron chi connectivity index (χ2n) is 4.30. The van der Waals surface area contributed by atoms with Gasteiger partial charge in [-0.2, -0.15) is 0 Å². The second kappa shape index (κ2) is 5.19. The number of carbonyl (C=O) groups excluding carboxylic acids is 1. The topological polar surface area (TPSA) is 55.6 Å². The summed E-state index contributed by atoms with van der Waals surface area (Å²) in [6.45, 7) is 3.53. The number of unbranched alkanes of at least 4 members (excludes halogenated alkanes) is 1. The number of nitrogens with two attached hydrogens (primary N) is 1. The minimum absolute atomic E-state index is 0.0279. The van der Waals surface area contributed by atoms with Crippen LogP contribution < -0.4 is 15.4 Å². The zero-order valence-corrected chi connectivity index (χ0v) is 10.1. The normalized spacial score (nSPS) is 14.5. The molecule has 0 bridgehead atoms. The van der Waals surface area contributed by atoms with E-state index in [-0.39, 0.29) is 12.5 Å². The van der Waals surface area contributed by atoms with Gasteiger partial charge in [0.15, 0.2) is 6.61 Å². The lowest BCUT2D eigenvalue weighted by Gasteiger charge is -2.29. The van der Waals surface area contributed by atoms with Gasteiger partial charge in [0.05, 0.1) is 5.69 Å². The van der Waals surface area contributed by atoms with E-state index in [1.54, 1.807) is 0 Å². The zero-order chi connectivity index (χ0) is 12.3. The number of fused-ring (bicyclic) bond motifs is 1. The van der Waals surface area contributed by atoms with E-state index in [1.807, 2.05) is 30.0 Å². The average Bonchev–Trinajstić information content (AvgIpc) is 2.32. The number of rotatable bonds is 4. The Morgan fingerprint density at radius 2 is 2.24 bits per heavy atom. The van der Waals surface area contributed by atoms with E-state index in [0.717, 1.165) is 36.4 Å². The quantitative estimate of drug-likeness (QED) is 0.802. The Morgan fingerprint density at radius 3 is 3.00 bits per heavy atom. The SMILES string of the molecule is Cc1ccc2c(c1)N(CCCCN)C(=O)CO2. The molecule has 0 atom stereocenters. The molecule has 1 heterocycles. The number of hydrogen-bond acceptors (Lipinski definition) is 3. The van der Waals surface area contributed by atoms with Crippen molar-refractivity contribution in [2.75, 3.05) is 24.6 Å². The van der Waals surface area contributed by atoms with Gasteiger partial charge in [0.25, 0.3) is 5.91 Å². The summed E-state index contributed by atoms with van der Waals surface area (Å²) in [5, 5.41) is 0. The van der Waals surface area contributed by atoms with Crippen LogP contribution in [0.3, 0.4) is 0 Å². The van der Waals surface area contributed by atoms with Crippen LogP contribution in [-0.4, -0.2) is 25.6 Å². The molecule has 0 radical (unpaired) electrons. The highest BCUT2D eigenvalue weighted by atomic mass is 16.5. The summed E-state index contributed by atoms with van der Waals surface area (Å²) < 4.78 is 5.41. The first-order chi connectivity index (χ1) is 8.22. The fourth-order valence-electron chi connectivity index (χ4n) is 1.97. The standard InChI is InChI=1S/C13H18N2O2/c1-10-4-5-12-11(8-10)15(7-3-2-6-14)13(16)9-17-12/h4-5,8H,2-3,6-7,9,14H2,1H3. The van der Waals surface area contributed by atoms with E-state index < -0.39 is 0 Å². The minimum Gasteiger partial charge on any atom is -0.482 e. The van der Waals surface area contributed by atoms with Gasteiger partial charge in [-0.15, -0.1) is 0 Å². The second-order valence-corrected chi connectivity index (χ2v) is 4.30. The summed E-state index contributed by atoms with van der Waals surface area (Å²) in [5.41, 5.74) is 7.49. The fourth-order valence-corrected chi connectivity index (χ4v) is 1.97. The average molecular weight is 234 g/mol. The molecule has 0 unspecified atom stereocenters.